The summed E-state index contributed by atoms with van der Waals surface area (Å²) in [5, 5.41) is 0. The molecule has 0 bridgehead atoms. The van der Waals surface area contributed by atoms with E-state index >= 15 is 0 Å². The van der Waals surface area contributed by atoms with Gasteiger partial charge in [0.05, 0.1) is 11.1 Å². The van der Waals surface area contributed by atoms with Gasteiger partial charge < -0.3 is 16.5 Å². The quantitative estimate of drug-likeness (QED) is 0.707. The zero-order valence-electron chi connectivity index (χ0n) is 16.5. The van der Waals surface area contributed by atoms with Crippen LogP contribution in [0.15, 0.2) is 43.5 Å². The number of benzene rings is 1. The molecule has 5 N–H and O–H groups in total. The minimum atomic E-state index is -0.447. The Morgan fingerprint density at radius 1 is 1.28 bits per heavy atom. The minimum Gasteiger partial charge on any atom is -0.366 e. The van der Waals surface area contributed by atoms with Crippen molar-refractivity contribution in [1.29, 1.82) is 0 Å². The summed E-state index contributed by atoms with van der Waals surface area (Å²) < 4.78 is 0. The first-order valence-electron chi connectivity index (χ1n) is 8.29. The number of carbonyl (C=O) groups is 1. The molecule has 1 aromatic heterocycles. The number of nitrogens with two attached hydrogens (primary N) is 2. The summed E-state index contributed by atoms with van der Waals surface area (Å²) in [5.41, 5.74) is 11.7. The van der Waals surface area contributed by atoms with Gasteiger partial charge in [0, 0.05) is 5.41 Å². The van der Waals surface area contributed by atoms with Crippen LogP contribution in [0.3, 0.4) is 0 Å². The number of imidazole rings is 1. The van der Waals surface area contributed by atoms with E-state index in [0.29, 0.717) is 11.1 Å². The number of aromatic amines is 1. The van der Waals surface area contributed by atoms with Crippen LogP contribution < -0.4 is 11.5 Å². The molecule has 0 fully saturated rings. The van der Waals surface area contributed by atoms with E-state index in [4.69, 9.17) is 5.73 Å². The van der Waals surface area contributed by atoms with Crippen LogP contribution in [0.25, 0.3) is 11.0 Å². The topological polar surface area (TPSA) is 97.8 Å². The number of H-pyrrole nitrogens is 1. The van der Waals surface area contributed by atoms with Crippen molar-refractivity contribution in [3.63, 3.8) is 0 Å². The van der Waals surface area contributed by atoms with Gasteiger partial charge in [0.25, 0.3) is 5.91 Å². The Labute approximate surface area is 152 Å². The second-order valence-corrected chi connectivity index (χ2v) is 5.88. The molecule has 1 amide bonds. The van der Waals surface area contributed by atoms with Crippen molar-refractivity contribution in [2.75, 3.05) is 7.05 Å². The molecule has 0 spiro atoms. The lowest BCUT2D eigenvalue weighted by atomic mass is 9.96. The molecule has 0 aliphatic carbocycles. The fourth-order valence-electron chi connectivity index (χ4n) is 1.82. The molecule has 2 aromatic rings. The van der Waals surface area contributed by atoms with Crippen LogP contribution in [0.2, 0.25) is 0 Å². The fourth-order valence-corrected chi connectivity index (χ4v) is 1.82. The molecule has 5 heteroatoms. The van der Waals surface area contributed by atoms with Crippen LogP contribution in [0, 0.1) is 0 Å². The van der Waals surface area contributed by atoms with Gasteiger partial charge in [-0.15, -0.1) is 13.2 Å². The third-order valence-electron chi connectivity index (χ3n) is 2.96. The Morgan fingerprint density at radius 3 is 2.20 bits per heavy atom. The highest BCUT2D eigenvalue weighted by Gasteiger charge is 2.19. The number of hydrogen-bond donors (Lipinski definition) is 3. The van der Waals surface area contributed by atoms with E-state index in [1.165, 1.54) is 7.05 Å². The molecule has 0 saturated heterocycles. The van der Waals surface area contributed by atoms with E-state index in [1.54, 1.807) is 12.1 Å². The van der Waals surface area contributed by atoms with E-state index in [0.717, 1.165) is 17.8 Å². The molecule has 0 saturated carbocycles. The highest BCUT2D eigenvalue weighted by Crippen LogP contribution is 2.24. The number of carbonyl (C=O) groups excluding carboxylic acids is 1. The van der Waals surface area contributed by atoms with Crippen molar-refractivity contribution in [1.82, 2.24) is 9.97 Å². The summed E-state index contributed by atoms with van der Waals surface area (Å²) in [6.07, 6.45) is 5.34. The number of nitrogens with one attached hydrogen (secondary N) is 1. The first-order chi connectivity index (χ1) is 11.8. The Balaban J connectivity index is 0. The second-order valence-electron chi connectivity index (χ2n) is 5.88. The van der Waals surface area contributed by atoms with E-state index in [9.17, 15) is 4.79 Å². The van der Waals surface area contributed by atoms with Gasteiger partial charge in [-0.05, 0) is 32.5 Å². The third-order valence-corrected chi connectivity index (χ3v) is 2.96. The Kier molecular flexibility index (Phi) is 12.9. The highest BCUT2D eigenvalue weighted by atomic mass is 16.1. The average molecular weight is 347 g/mol. The molecule has 1 aromatic carbocycles. The fraction of sp³-hybridized carbons (Fsp3) is 0.400. The van der Waals surface area contributed by atoms with Crippen molar-refractivity contribution in [2.24, 2.45) is 11.5 Å². The normalized spacial score (nSPS) is 10.0. The lowest BCUT2D eigenvalue weighted by Gasteiger charge is -2.13. The number of fused-ring (bicyclic) bond motifs is 1. The Bertz CT molecular complexity index is 651. The Morgan fingerprint density at radius 2 is 1.84 bits per heavy atom. The molecule has 0 atom stereocenters. The molecular weight excluding hydrogens is 312 g/mol. The summed E-state index contributed by atoms with van der Waals surface area (Å²) >= 11 is 0. The number of rotatable bonds is 2. The van der Waals surface area contributed by atoms with Crippen molar-refractivity contribution in [3.05, 3.63) is 54.9 Å². The molecule has 2 rings (SSSR count). The van der Waals surface area contributed by atoms with Crippen molar-refractivity contribution >= 4 is 16.9 Å². The summed E-state index contributed by atoms with van der Waals surface area (Å²) in [6.45, 7) is 16.3. The summed E-state index contributed by atoms with van der Waals surface area (Å²) in [5.74, 6) is 0.411. The van der Waals surface area contributed by atoms with E-state index < -0.39 is 5.91 Å². The molecule has 0 aliphatic rings. The second kappa shape index (κ2) is 13.0. The SMILES string of the molecule is C=C.CC(C)(C)c1nc2c(C(N)=O)cccc2[nH]1.CC=CCC.CN. The minimum absolute atomic E-state index is 0.0755. The van der Waals surface area contributed by atoms with Gasteiger partial charge in [-0.2, -0.15) is 0 Å². The Hall–Kier alpha value is -2.40. The molecule has 1 heterocycles. The monoisotopic (exact) mass is 346 g/mol. The van der Waals surface area contributed by atoms with E-state index in [-0.39, 0.29) is 5.41 Å². The number of para-hydroxylation sites is 1. The number of hydrogen-bond acceptors (Lipinski definition) is 3. The van der Waals surface area contributed by atoms with Gasteiger partial charge in [0.2, 0.25) is 0 Å². The van der Waals surface area contributed by atoms with Crippen molar-refractivity contribution < 1.29 is 4.79 Å². The lowest BCUT2D eigenvalue weighted by Crippen LogP contribution is -2.13. The van der Waals surface area contributed by atoms with Crippen molar-refractivity contribution in [2.45, 2.75) is 46.5 Å². The van der Waals surface area contributed by atoms with Gasteiger partial charge >= 0.3 is 0 Å². The van der Waals surface area contributed by atoms with Gasteiger partial charge in [-0.1, -0.05) is 45.9 Å². The summed E-state index contributed by atoms with van der Waals surface area (Å²) in [6, 6.07) is 5.38. The maximum Gasteiger partial charge on any atom is 0.250 e. The van der Waals surface area contributed by atoms with Crippen LogP contribution in [0.4, 0.5) is 0 Å². The van der Waals surface area contributed by atoms with Gasteiger partial charge in [-0.25, -0.2) is 4.98 Å². The molecule has 25 heavy (non-hydrogen) atoms. The maximum absolute atomic E-state index is 11.2. The van der Waals surface area contributed by atoms with Gasteiger partial charge in [0.15, 0.2) is 0 Å². The van der Waals surface area contributed by atoms with Gasteiger partial charge in [0.1, 0.15) is 11.3 Å². The predicted molar refractivity (Wildman–Crippen MR) is 110 cm³/mol. The lowest BCUT2D eigenvalue weighted by molar-refractivity contribution is 0.100. The number of allylic oxidation sites excluding steroid dienone is 2. The largest absolute Gasteiger partial charge is 0.366 e. The summed E-state index contributed by atoms with van der Waals surface area (Å²) in [4.78, 5) is 18.9. The molecule has 0 unspecified atom stereocenters. The first-order valence-corrected chi connectivity index (χ1v) is 8.29. The molecule has 5 nitrogen and oxygen atoms in total. The van der Waals surface area contributed by atoms with Crippen LogP contribution >= 0.6 is 0 Å². The van der Waals surface area contributed by atoms with Crippen LogP contribution in [-0.4, -0.2) is 22.9 Å². The number of nitrogens with zero attached hydrogens (tertiary/aromatic N) is 1. The van der Waals surface area contributed by atoms with Crippen LogP contribution in [0.5, 0.6) is 0 Å². The number of primary amides is 1. The zero-order chi connectivity index (χ0) is 20.0. The van der Waals surface area contributed by atoms with Crippen LogP contribution in [-0.2, 0) is 5.41 Å². The van der Waals surface area contributed by atoms with Crippen molar-refractivity contribution in [3.8, 4) is 0 Å². The standard InChI is InChI=1S/C12H15N3O.C5H10.C2H4.CH5N/c1-12(2,3)11-14-8-6-4-5-7(10(13)16)9(8)15-11;1-3-5-4-2;2*1-2/h4-6H,1-3H3,(H2,13,16)(H,14,15);3,5H,4H2,1-2H3;1-2H2;2H2,1H3. The average Bonchev–Trinajstić information content (AvgIpc) is 3.04. The van der Waals surface area contributed by atoms with E-state index in [1.807, 2.05) is 13.0 Å². The van der Waals surface area contributed by atoms with Crippen LogP contribution in [0.1, 0.15) is 57.2 Å². The molecule has 140 valence electrons. The number of aromatic nitrogens is 2. The smallest absolute Gasteiger partial charge is 0.250 e. The molecule has 0 radical (unpaired) electrons. The van der Waals surface area contributed by atoms with E-state index in [2.05, 4.69) is 68.7 Å². The third kappa shape index (κ3) is 8.31. The van der Waals surface area contributed by atoms with Gasteiger partial charge in [-0.3, -0.25) is 4.79 Å². The zero-order valence-corrected chi connectivity index (χ0v) is 16.5. The predicted octanol–water partition coefficient (Wildman–Crippen LogP) is 4.31. The summed E-state index contributed by atoms with van der Waals surface area (Å²) in [7, 11) is 1.50. The molecule has 0 aliphatic heterocycles. The number of amides is 1. The molecular formula is C20H34N4O. The maximum atomic E-state index is 11.2. The highest BCUT2D eigenvalue weighted by molar-refractivity contribution is 6.04. The first kappa shape index (κ1) is 24.8.